The molecule has 1 fully saturated rings. The Kier molecular flexibility index (Phi) is 9.58. The van der Waals surface area contributed by atoms with Gasteiger partial charge in [-0.3, -0.25) is 4.79 Å². The van der Waals surface area contributed by atoms with Crippen molar-refractivity contribution in [3.05, 3.63) is 0 Å². The predicted octanol–water partition coefficient (Wildman–Crippen LogP) is 4.95. The molecule has 1 N–H and O–H groups in total. The molecule has 0 aliphatic heterocycles. The van der Waals surface area contributed by atoms with Crippen molar-refractivity contribution in [2.24, 2.45) is 0 Å². The molecule has 1 rings (SSSR count). The van der Waals surface area contributed by atoms with Gasteiger partial charge in [0.1, 0.15) is 0 Å². The van der Waals surface area contributed by atoms with Crippen LogP contribution in [0.25, 0.3) is 0 Å². The summed E-state index contributed by atoms with van der Waals surface area (Å²) in [6.07, 6.45) is 14.5. The van der Waals surface area contributed by atoms with E-state index in [4.69, 9.17) is 0 Å². The molecule has 1 amide bonds. The van der Waals surface area contributed by atoms with Gasteiger partial charge >= 0.3 is 0 Å². The lowest BCUT2D eigenvalue weighted by Crippen LogP contribution is -2.42. The van der Waals surface area contributed by atoms with Crippen LogP contribution >= 0.6 is 15.9 Å². The maximum absolute atomic E-state index is 11.9. The third-order valence-corrected chi connectivity index (χ3v) is 5.13. The molecule has 0 radical (unpaired) electrons. The Labute approximate surface area is 127 Å². The third-order valence-electron chi connectivity index (χ3n) is 4.04. The van der Waals surface area contributed by atoms with Crippen LogP contribution in [0.4, 0.5) is 0 Å². The molecule has 0 saturated heterocycles. The molecule has 1 saturated carbocycles. The molecule has 0 bridgehead atoms. The van der Waals surface area contributed by atoms with Gasteiger partial charge in [-0.1, -0.05) is 74.2 Å². The van der Waals surface area contributed by atoms with Gasteiger partial charge in [-0.2, -0.15) is 0 Å². The lowest BCUT2D eigenvalue weighted by atomic mass is 9.95. The number of carbonyl (C=O) groups is 1. The molecule has 112 valence electrons. The zero-order valence-corrected chi connectivity index (χ0v) is 14.0. The molecule has 0 aromatic rings. The molecule has 0 heterocycles. The summed E-state index contributed by atoms with van der Waals surface area (Å²) in [6, 6.07) is 0.366. The number of hydrogen-bond acceptors (Lipinski definition) is 1. The first-order chi connectivity index (χ1) is 9.24. The number of rotatable bonds is 9. The monoisotopic (exact) mass is 331 g/mol. The largest absolute Gasteiger partial charge is 0.352 e. The number of carbonyl (C=O) groups excluding carboxylic acids is 1. The Bertz CT molecular complexity index is 245. The second-order valence-electron chi connectivity index (χ2n) is 5.85. The van der Waals surface area contributed by atoms with E-state index >= 15 is 0 Å². The van der Waals surface area contributed by atoms with Crippen molar-refractivity contribution in [2.75, 3.05) is 0 Å². The smallest absolute Gasteiger partial charge is 0.220 e. The lowest BCUT2D eigenvalue weighted by Gasteiger charge is -2.28. The highest BCUT2D eigenvalue weighted by atomic mass is 79.9. The van der Waals surface area contributed by atoms with Crippen molar-refractivity contribution in [1.82, 2.24) is 5.32 Å². The first-order valence-corrected chi connectivity index (χ1v) is 9.09. The Morgan fingerprint density at radius 1 is 1.05 bits per heavy atom. The Morgan fingerprint density at radius 2 is 1.68 bits per heavy atom. The van der Waals surface area contributed by atoms with Crippen LogP contribution < -0.4 is 5.32 Å². The van der Waals surface area contributed by atoms with E-state index in [9.17, 15) is 4.79 Å². The van der Waals surface area contributed by atoms with Gasteiger partial charge in [-0.25, -0.2) is 0 Å². The van der Waals surface area contributed by atoms with Crippen LogP contribution in [0, 0.1) is 0 Å². The second-order valence-corrected chi connectivity index (χ2v) is 7.02. The van der Waals surface area contributed by atoms with Crippen LogP contribution in [-0.4, -0.2) is 16.8 Å². The average molecular weight is 332 g/mol. The van der Waals surface area contributed by atoms with Gasteiger partial charge in [0.05, 0.1) is 0 Å². The minimum Gasteiger partial charge on any atom is -0.352 e. The second kappa shape index (κ2) is 10.7. The SMILES string of the molecule is CCCCCCCCCC(=O)NC1CCCCC1Br. The van der Waals surface area contributed by atoms with Crippen LogP contribution in [0.1, 0.15) is 84.0 Å². The van der Waals surface area contributed by atoms with Crippen molar-refractivity contribution >= 4 is 21.8 Å². The fourth-order valence-corrected chi connectivity index (χ4v) is 3.49. The molecule has 2 unspecified atom stereocenters. The van der Waals surface area contributed by atoms with Gasteiger partial charge in [-0.05, 0) is 19.3 Å². The summed E-state index contributed by atoms with van der Waals surface area (Å²) < 4.78 is 0. The Balaban J connectivity index is 1.98. The van der Waals surface area contributed by atoms with Crippen LogP contribution in [0.15, 0.2) is 0 Å². The van der Waals surface area contributed by atoms with Gasteiger partial charge in [0, 0.05) is 17.3 Å². The molecule has 1 aliphatic carbocycles. The number of hydrogen-bond donors (Lipinski definition) is 1. The summed E-state index contributed by atoms with van der Waals surface area (Å²) in [5.41, 5.74) is 0. The molecule has 2 atom stereocenters. The molecule has 2 nitrogen and oxygen atoms in total. The van der Waals surface area contributed by atoms with Gasteiger partial charge in [0.2, 0.25) is 5.91 Å². The predicted molar refractivity (Wildman–Crippen MR) is 85.7 cm³/mol. The number of alkyl halides is 1. The van der Waals surface area contributed by atoms with Crippen molar-refractivity contribution in [3.8, 4) is 0 Å². The molecule has 0 aromatic carbocycles. The maximum atomic E-state index is 11.9. The molecular formula is C16H30BrNO. The van der Waals surface area contributed by atoms with E-state index in [-0.39, 0.29) is 5.91 Å². The lowest BCUT2D eigenvalue weighted by molar-refractivity contribution is -0.122. The first kappa shape index (κ1) is 17.0. The van der Waals surface area contributed by atoms with E-state index in [1.807, 2.05) is 0 Å². The Morgan fingerprint density at radius 3 is 2.37 bits per heavy atom. The summed E-state index contributed by atoms with van der Waals surface area (Å²) in [6.45, 7) is 2.24. The van der Waals surface area contributed by atoms with Crippen LogP contribution in [-0.2, 0) is 4.79 Å². The fourth-order valence-electron chi connectivity index (χ4n) is 2.77. The molecule has 3 heteroatoms. The van der Waals surface area contributed by atoms with Gasteiger partial charge in [-0.15, -0.1) is 0 Å². The van der Waals surface area contributed by atoms with Crippen molar-refractivity contribution in [1.29, 1.82) is 0 Å². The van der Waals surface area contributed by atoms with Crippen LogP contribution in [0.5, 0.6) is 0 Å². The highest BCUT2D eigenvalue weighted by Gasteiger charge is 2.23. The van der Waals surface area contributed by atoms with E-state index in [1.54, 1.807) is 0 Å². The highest BCUT2D eigenvalue weighted by molar-refractivity contribution is 9.09. The zero-order valence-electron chi connectivity index (χ0n) is 12.4. The van der Waals surface area contributed by atoms with Crippen molar-refractivity contribution < 1.29 is 4.79 Å². The van der Waals surface area contributed by atoms with E-state index in [2.05, 4.69) is 28.2 Å². The topological polar surface area (TPSA) is 29.1 Å². The van der Waals surface area contributed by atoms with Crippen molar-refractivity contribution in [2.45, 2.75) is 94.8 Å². The minimum atomic E-state index is 0.255. The number of amides is 1. The van der Waals surface area contributed by atoms with Crippen molar-refractivity contribution in [3.63, 3.8) is 0 Å². The van der Waals surface area contributed by atoms with E-state index in [1.165, 1.54) is 57.8 Å². The number of halogens is 1. The fraction of sp³-hybridized carbons (Fsp3) is 0.938. The third kappa shape index (κ3) is 7.96. The quantitative estimate of drug-likeness (QED) is 0.470. The van der Waals surface area contributed by atoms with E-state index in [0.29, 0.717) is 17.3 Å². The zero-order chi connectivity index (χ0) is 13.9. The van der Waals surface area contributed by atoms with Gasteiger partial charge in [0.25, 0.3) is 0 Å². The van der Waals surface area contributed by atoms with E-state index in [0.717, 1.165) is 12.8 Å². The van der Waals surface area contributed by atoms with Gasteiger partial charge in [0.15, 0.2) is 0 Å². The van der Waals surface area contributed by atoms with Crippen LogP contribution in [0.3, 0.4) is 0 Å². The molecule has 19 heavy (non-hydrogen) atoms. The summed E-state index contributed by atoms with van der Waals surface area (Å²) in [5, 5.41) is 3.19. The van der Waals surface area contributed by atoms with Gasteiger partial charge < -0.3 is 5.32 Å². The summed E-state index contributed by atoms with van der Waals surface area (Å²) in [4.78, 5) is 12.3. The highest BCUT2D eigenvalue weighted by Crippen LogP contribution is 2.24. The molecule has 0 aromatic heterocycles. The average Bonchev–Trinajstić information content (AvgIpc) is 2.40. The Hall–Kier alpha value is -0.0500. The first-order valence-electron chi connectivity index (χ1n) is 8.17. The van der Waals surface area contributed by atoms with Crippen LogP contribution in [0.2, 0.25) is 0 Å². The number of nitrogens with one attached hydrogen (secondary N) is 1. The van der Waals surface area contributed by atoms with E-state index < -0.39 is 0 Å². The standard InChI is InChI=1S/C16H30BrNO/c1-2-3-4-5-6-7-8-13-16(19)18-15-12-10-9-11-14(15)17/h14-15H,2-13H2,1H3,(H,18,19). The molecule has 0 spiro atoms. The summed E-state index contributed by atoms with van der Waals surface area (Å²) in [5.74, 6) is 0.255. The molecular weight excluding hydrogens is 302 g/mol. The summed E-state index contributed by atoms with van der Waals surface area (Å²) >= 11 is 3.69. The normalized spacial score (nSPS) is 23.3. The molecule has 1 aliphatic rings. The maximum Gasteiger partial charge on any atom is 0.220 e. The number of unbranched alkanes of at least 4 members (excludes halogenated alkanes) is 6. The summed E-state index contributed by atoms with van der Waals surface area (Å²) in [7, 11) is 0. The minimum absolute atomic E-state index is 0.255.